The summed E-state index contributed by atoms with van der Waals surface area (Å²) >= 11 is 0. The highest BCUT2D eigenvalue weighted by atomic mass is 32.2. The van der Waals surface area contributed by atoms with Crippen molar-refractivity contribution in [3.05, 3.63) is 84.3 Å². The van der Waals surface area contributed by atoms with Crippen LogP contribution in [0.4, 0.5) is 0 Å². The predicted molar refractivity (Wildman–Crippen MR) is 103 cm³/mol. The van der Waals surface area contributed by atoms with Crippen LogP contribution in [0.1, 0.15) is 15.9 Å². The molecule has 0 aliphatic rings. The maximum atomic E-state index is 12.6. The van der Waals surface area contributed by atoms with Crippen LogP contribution in [-0.2, 0) is 16.4 Å². The Morgan fingerprint density at radius 1 is 0.964 bits per heavy atom. The first kappa shape index (κ1) is 17.9. The van der Waals surface area contributed by atoms with E-state index in [1.807, 2.05) is 0 Å². The monoisotopic (exact) mass is 392 g/mol. The van der Waals surface area contributed by atoms with Gasteiger partial charge >= 0.3 is 0 Å². The van der Waals surface area contributed by atoms with Gasteiger partial charge in [0.05, 0.1) is 27.2 Å². The third-order valence-corrected chi connectivity index (χ3v) is 6.06. The number of benzene rings is 2. The van der Waals surface area contributed by atoms with E-state index in [2.05, 4.69) is 20.3 Å². The van der Waals surface area contributed by atoms with Crippen LogP contribution in [0, 0.1) is 0 Å². The number of pyridine rings is 1. The molecule has 1 amide bonds. The van der Waals surface area contributed by atoms with Crippen molar-refractivity contribution >= 4 is 26.9 Å². The van der Waals surface area contributed by atoms with Crippen LogP contribution in [0.5, 0.6) is 0 Å². The smallest absolute Gasteiger partial charge is 0.253 e. The highest BCUT2D eigenvalue weighted by Gasteiger charge is 2.17. The van der Waals surface area contributed by atoms with Gasteiger partial charge in [-0.2, -0.15) is 0 Å². The van der Waals surface area contributed by atoms with Crippen LogP contribution in [0.15, 0.2) is 83.0 Å². The van der Waals surface area contributed by atoms with Gasteiger partial charge in [0, 0.05) is 12.7 Å². The number of hydrogen-bond acceptors (Lipinski definition) is 5. The second-order valence-electron chi connectivity index (χ2n) is 6.14. The molecule has 0 spiro atoms. The summed E-state index contributed by atoms with van der Waals surface area (Å²) in [6, 6.07) is 16.4. The number of aromatic nitrogens is 3. The number of nitrogens with zero attached hydrogens (tertiary/aromatic N) is 2. The Kier molecular flexibility index (Phi) is 4.62. The predicted octanol–water partition coefficient (Wildman–Crippen LogP) is 2.72. The van der Waals surface area contributed by atoms with Gasteiger partial charge in [0.15, 0.2) is 5.65 Å². The van der Waals surface area contributed by atoms with Crippen molar-refractivity contribution in [1.29, 1.82) is 0 Å². The van der Waals surface area contributed by atoms with E-state index in [1.165, 1.54) is 12.5 Å². The Morgan fingerprint density at radius 3 is 2.43 bits per heavy atom. The highest BCUT2D eigenvalue weighted by molar-refractivity contribution is 7.91. The topological polar surface area (TPSA) is 105 Å². The number of rotatable bonds is 5. The molecule has 2 heterocycles. The molecule has 28 heavy (non-hydrogen) atoms. The lowest BCUT2D eigenvalue weighted by molar-refractivity contribution is 0.0950. The molecule has 7 nitrogen and oxygen atoms in total. The number of nitrogens with one attached hydrogen (secondary N) is 2. The molecule has 0 saturated carbocycles. The lowest BCUT2D eigenvalue weighted by Gasteiger charge is -2.08. The second-order valence-corrected chi connectivity index (χ2v) is 8.09. The quantitative estimate of drug-likeness (QED) is 0.543. The Balaban J connectivity index is 1.45. The summed E-state index contributed by atoms with van der Waals surface area (Å²) in [6.45, 7) is 0.269. The first-order chi connectivity index (χ1) is 13.5. The summed E-state index contributed by atoms with van der Waals surface area (Å²) < 4.78 is 25.2. The number of H-pyrrole nitrogens is 1. The third-order valence-electron chi connectivity index (χ3n) is 4.28. The molecule has 0 aliphatic carbocycles. The van der Waals surface area contributed by atoms with Gasteiger partial charge in [0.1, 0.15) is 0 Å². The van der Waals surface area contributed by atoms with E-state index in [0.717, 1.165) is 5.56 Å². The third kappa shape index (κ3) is 3.49. The summed E-state index contributed by atoms with van der Waals surface area (Å²) in [5.74, 6) is -0.273. The number of imidazole rings is 1. The summed E-state index contributed by atoms with van der Waals surface area (Å²) in [4.78, 5) is 23.8. The van der Waals surface area contributed by atoms with Gasteiger partial charge < -0.3 is 10.3 Å². The van der Waals surface area contributed by atoms with E-state index in [1.54, 1.807) is 60.7 Å². The average molecular weight is 392 g/mol. The van der Waals surface area contributed by atoms with E-state index in [4.69, 9.17) is 0 Å². The molecule has 0 bridgehead atoms. The lowest BCUT2D eigenvalue weighted by Crippen LogP contribution is -2.22. The van der Waals surface area contributed by atoms with Gasteiger partial charge in [-0.25, -0.2) is 18.4 Å². The van der Waals surface area contributed by atoms with Gasteiger partial charge in [0.25, 0.3) is 5.91 Å². The molecular formula is C20H16N4O3S. The fraction of sp³-hybridized carbons (Fsp3) is 0.0500. The van der Waals surface area contributed by atoms with Crippen LogP contribution in [0.25, 0.3) is 11.2 Å². The molecule has 0 radical (unpaired) electrons. The molecule has 0 aliphatic heterocycles. The van der Waals surface area contributed by atoms with Crippen molar-refractivity contribution in [1.82, 2.24) is 20.3 Å². The van der Waals surface area contributed by atoms with Crippen molar-refractivity contribution in [3.63, 3.8) is 0 Å². The minimum absolute atomic E-state index is 0.211. The minimum atomic E-state index is -3.55. The zero-order valence-corrected chi connectivity index (χ0v) is 15.5. The zero-order chi connectivity index (χ0) is 19.6. The van der Waals surface area contributed by atoms with Crippen LogP contribution in [0.3, 0.4) is 0 Å². The highest BCUT2D eigenvalue weighted by Crippen LogP contribution is 2.20. The molecule has 0 unspecified atom stereocenters. The molecule has 0 atom stereocenters. The number of sulfone groups is 1. The van der Waals surface area contributed by atoms with Crippen LogP contribution < -0.4 is 5.32 Å². The molecule has 8 heteroatoms. The first-order valence-corrected chi connectivity index (χ1v) is 9.99. The molecule has 4 aromatic rings. The van der Waals surface area contributed by atoms with Crippen molar-refractivity contribution in [3.8, 4) is 0 Å². The number of hydrogen-bond donors (Lipinski definition) is 2. The van der Waals surface area contributed by atoms with Crippen LogP contribution >= 0.6 is 0 Å². The largest absolute Gasteiger partial charge is 0.348 e. The van der Waals surface area contributed by atoms with Crippen LogP contribution in [-0.4, -0.2) is 29.3 Å². The molecule has 2 aromatic carbocycles. The Hall–Kier alpha value is -3.52. The number of carbonyl (C=O) groups excluding carboxylic acids is 1. The fourth-order valence-corrected chi connectivity index (χ4v) is 4.04. The Morgan fingerprint density at radius 2 is 1.68 bits per heavy atom. The summed E-state index contributed by atoms with van der Waals surface area (Å²) in [5, 5.41) is 2.80. The zero-order valence-electron chi connectivity index (χ0n) is 14.7. The number of amides is 1. The SMILES string of the molecule is O=C(NCc1ccc(S(=O)(=O)c2ccccc2)cc1)c1cnc2nc[nH]c2c1. The molecule has 4 rings (SSSR count). The summed E-state index contributed by atoms with van der Waals surface area (Å²) in [7, 11) is -3.55. The van der Waals surface area contributed by atoms with E-state index in [9.17, 15) is 13.2 Å². The van der Waals surface area contributed by atoms with Gasteiger partial charge in [-0.15, -0.1) is 0 Å². The minimum Gasteiger partial charge on any atom is -0.348 e. The number of fused-ring (bicyclic) bond motifs is 1. The van der Waals surface area contributed by atoms with Crippen molar-refractivity contribution in [2.24, 2.45) is 0 Å². The fourth-order valence-electron chi connectivity index (χ4n) is 2.76. The standard InChI is InChI=1S/C20H16N4O3S/c25-20(15-10-18-19(21-12-15)24-13-23-18)22-11-14-6-8-17(9-7-14)28(26,27)16-4-2-1-3-5-16/h1-10,12-13H,11H2,(H,22,25)(H,21,23,24). The Labute approximate surface area is 161 Å². The van der Waals surface area contributed by atoms with Gasteiger partial charge in [-0.3, -0.25) is 4.79 Å². The van der Waals surface area contributed by atoms with Crippen molar-refractivity contribution in [2.75, 3.05) is 0 Å². The van der Waals surface area contributed by atoms with Gasteiger partial charge in [-0.1, -0.05) is 30.3 Å². The molecule has 0 saturated heterocycles. The van der Waals surface area contributed by atoms with Crippen molar-refractivity contribution in [2.45, 2.75) is 16.3 Å². The molecule has 2 aromatic heterocycles. The van der Waals surface area contributed by atoms with E-state index in [-0.39, 0.29) is 22.2 Å². The molecule has 2 N–H and O–H groups in total. The van der Waals surface area contributed by atoms with E-state index >= 15 is 0 Å². The molecule has 140 valence electrons. The molecule has 0 fully saturated rings. The summed E-state index contributed by atoms with van der Waals surface area (Å²) in [6.07, 6.45) is 2.98. The molecular weight excluding hydrogens is 376 g/mol. The second kappa shape index (κ2) is 7.24. The van der Waals surface area contributed by atoms with Crippen molar-refractivity contribution < 1.29 is 13.2 Å². The number of aromatic amines is 1. The van der Waals surface area contributed by atoms with Gasteiger partial charge in [-0.05, 0) is 35.9 Å². The Bertz CT molecular complexity index is 1230. The normalized spacial score (nSPS) is 11.4. The average Bonchev–Trinajstić information content (AvgIpc) is 3.21. The first-order valence-electron chi connectivity index (χ1n) is 8.50. The maximum Gasteiger partial charge on any atom is 0.253 e. The van der Waals surface area contributed by atoms with E-state index in [0.29, 0.717) is 16.7 Å². The lowest BCUT2D eigenvalue weighted by atomic mass is 10.2. The van der Waals surface area contributed by atoms with Gasteiger partial charge in [0.2, 0.25) is 9.84 Å². The van der Waals surface area contributed by atoms with Crippen LogP contribution in [0.2, 0.25) is 0 Å². The maximum absolute atomic E-state index is 12.6. The summed E-state index contributed by atoms with van der Waals surface area (Å²) in [5.41, 5.74) is 2.44. The number of carbonyl (C=O) groups is 1. The van der Waals surface area contributed by atoms with E-state index < -0.39 is 9.84 Å².